The quantitative estimate of drug-likeness (QED) is 0.818. The molecule has 1 saturated heterocycles. The second-order valence-corrected chi connectivity index (χ2v) is 4.44. The van der Waals surface area contributed by atoms with Gasteiger partial charge in [-0.15, -0.1) is 0 Å². The highest BCUT2D eigenvalue weighted by molar-refractivity contribution is 9.10. The normalized spacial score (nSPS) is 21.6. The first-order chi connectivity index (χ1) is 6.66. The van der Waals surface area contributed by atoms with Crippen LogP contribution in [0.2, 0.25) is 0 Å². The molecule has 0 saturated carbocycles. The molecule has 2 rings (SSSR count). The van der Waals surface area contributed by atoms with Gasteiger partial charge in [0, 0.05) is 25.3 Å². The van der Waals surface area contributed by atoms with Crippen molar-refractivity contribution in [2.24, 2.45) is 5.73 Å². The summed E-state index contributed by atoms with van der Waals surface area (Å²) in [5.41, 5.74) is 5.85. The van der Waals surface area contributed by atoms with E-state index < -0.39 is 0 Å². The third-order valence-electron chi connectivity index (χ3n) is 2.37. The van der Waals surface area contributed by atoms with E-state index in [4.69, 9.17) is 5.73 Å². The van der Waals surface area contributed by atoms with Crippen molar-refractivity contribution in [1.29, 1.82) is 0 Å². The van der Waals surface area contributed by atoms with Gasteiger partial charge >= 0.3 is 0 Å². The van der Waals surface area contributed by atoms with Crippen molar-refractivity contribution >= 4 is 21.7 Å². The number of aryl methyl sites for hydroxylation is 1. The molecule has 1 aromatic heterocycles. The first-order valence-electron chi connectivity index (χ1n) is 4.66. The molecular formula is C9H13BrN4. The number of hydrogen-bond acceptors (Lipinski definition) is 4. The minimum absolute atomic E-state index is 0.275. The third kappa shape index (κ3) is 1.88. The maximum atomic E-state index is 5.85. The van der Waals surface area contributed by atoms with Crippen LogP contribution in [0, 0.1) is 6.92 Å². The number of halogens is 1. The third-order valence-corrected chi connectivity index (χ3v) is 2.93. The molecule has 2 N–H and O–H groups in total. The monoisotopic (exact) mass is 256 g/mol. The van der Waals surface area contributed by atoms with Gasteiger partial charge in [-0.1, -0.05) is 0 Å². The van der Waals surface area contributed by atoms with Crippen molar-refractivity contribution in [3.05, 3.63) is 16.5 Å². The van der Waals surface area contributed by atoms with E-state index in [9.17, 15) is 0 Å². The molecule has 0 radical (unpaired) electrons. The smallest absolute Gasteiger partial charge is 0.146 e. The van der Waals surface area contributed by atoms with Crippen molar-refractivity contribution in [1.82, 2.24) is 9.97 Å². The van der Waals surface area contributed by atoms with Crippen LogP contribution in [0.5, 0.6) is 0 Å². The van der Waals surface area contributed by atoms with E-state index in [-0.39, 0.29) is 6.04 Å². The van der Waals surface area contributed by atoms with Gasteiger partial charge < -0.3 is 10.6 Å². The number of hydrogen-bond donors (Lipinski definition) is 1. The van der Waals surface area contributed by atoms with E-state index >= 15 is 0 Å². The van der Waals surface area contributed by atoms with Gasteiger partial charge in [-0.25, -0.2) is 9.97 Å². The lowest BCUT2D eigenvalue weighted by Gasteiger charge is -2.18. The summed E-state index contributed by atoms with van der Waals surface area (Å²) < 4.78 is 0.942. The summed E-state index contributed by atoms with van der Waals surface area (Å²) in [6.07, 6.45) is 2.83. The number of anilines is 1. The van der Waals surface area contributed by atoms with E-state index in [0.29, 0.717) is 0 Å². The molecule has 2 heterocycles. The van der Waals surface area contributed by atoms with Crippen LogP contribution in [0.1, 0.15) is 12.2 Å². The molecule has 0 aliphatic carbocycles. The first kappa shape index (κ1) is 9.86. The van der Waals surface area contributed by atoms with E-state index in [0.717, 1.165) is 35.6 Å². The fraction of sp³-hybridized carbons (Fsp3) is 0.556. The highest BCUT2D eigenvalue weighted by atomic mass is 79.9. The van der Waals surface area contributed by atoms with Gasteiger partial charge in [0.05, 0.1) is 4.47 Å². The average molecular weight is 257 g/mol. The zero-order valence-corrected chi connectivity index (χ0v) is 9.66. The molecule has 76 valence electrons. The average Bonchev–Trinajstić information content (AvgIpc) is 2.56. The number of nitrogens with two attached hydrogens (primary N) is 1. The Labute approximate surface area is 91.7 Å². The summed E-state index contributed by atoms with van der Waals surface area (Å²) in [5, 5.41) is 0. The van der Waals surface area contributed by atoms with Crippen LogP contribution in [0.15, 0.2) is 10.7 Å². The lowest BCUT2D eigenvalue weighted by Crippen LogP contribution is -2.27. The van der Waals surface area contributed by atoms with E-state index in [1.54, 1.807) is 6.20 Å². The first-order valence-corrected chi connectivity index (χ1v) is 5.46. The molecule has 4 nitrogen and oxygen atoms in total. The Kier molecular flexibility index (Phi) is 2.69. The molecule has 1 aromatic rings. The lowest BCUT2D eigenvalue weighted by atomic mass is 10.3. The predicted octanol–water partition coefficient (Wildman–Crippen LogP) is 1.08. The molecule has 0 aromatic carbocycles. The van der Waals surface area contributed by atoms with E-state index in [2.05, 4.69) is 30.8 Å². The van der Waals surface area contributed by atoms with Gasteiger partial charge in [-0.3, -0.25) is 0 Å². The summed E-state index contributed by atoms with van der Waals surface area (Å²) in [6, 6.07) is 0.275. The standard InChI is InChI=1S/C9H13BrN4/c1-6-12-4-8(10)9(13-6)14-3-2-7(11)5-14/h4,7H,2-3,5,11H2,1H3. The fourth-order valence-corrected chi connectivity index (χ4v) is 2.09. The molecule has 1 fully saturated rings. The van der Waals surface area contributed by atoms with Crippen molar-refractivity contribution in [3.8, 4) is 0 Å². The summed E-state index contributed by atoms with van der Waals surface area (Å²) in [6.45, 7) is 3.76. The summed E-state index contributed by atoms with van der Waals surface area (Å²) >= 11 is 3.45. The van der Waals surface area contributed by atoms with Crippen LogP contribution in [0.25, 0.3) is 0 Å². The number of rotatable bonds is 1. The highest BCUT2D eigenvalue weighted by Crippen LogP contribution is 2.25. The van der Waals surface area contributed by atoms with Crippen LogP contribution in [0.4, 0.5) is 5.82 Å². The molecule has 0 bridgehead atoms. The van der Waals surface area contributed by atoms with Gasteiger partial charge in [0.2, 0.25) is 0 Å². The van der Waals surface area contributed by atoms with Gasteiger partial charge in [-0.05, 0) is 29.3 Å². The van der Waals surface area contributed by atoms with Gasteiger partial charge in [0.1, 0.15) is 11.6 Å². The van der Waals surface area contributed by atoms with Gasteiger partial charge in [0.15, 0.2) is 0 Å². The molecule has 1 aliphatic rings. The summed E-state index contributed by atoms with van der Waals surface area (Å²) in [5.74, 6) is 1.76. The Bertz CT molecular complexity index is 342. The number of nitrogens with zero attached hydrogens (tertiary/aromatic N) is 3. The van der Waals surface area contributed by atoms with Crippen molar-refractivity contribution in [2.75, 3.05) is 18.0 Å². The second-order valence-electron chi connectivity index (χ2n) is 3.58. The topological polar surface area (TPSA) is 55.0 Å². The Balaban J connectivity index is 2.27. The Morgan fingerprint density at radius 1 is 1.64 bits per heavy atom. The van der Waals surface area contributed by atoms with Crippen LogP contribution >= 0.6 is 15.9 Å². The molecule has 1 unspecified atom stereocenters. The van der Waals surface area contributed by atoms with Crippen LogP contribution in [-0.4, -0.2) is 29.1 Å². The molecular weight excluding hydrogens is 244 g/mol. The Morgan fingerprint density at radius 2 is 2.43 bits per heavy atom. The van der Waals surface area contributed by atoms with E-state index in [1.165, 1.54) is 0 Å². The zero-order chi connectivity index (χ0) is 10.1. The molecule has 1 atom stereocenters. The minimum atomic E-state index is 0.275. The Hall–Kier alpha value is -0.680. The number of aromatic nitrogens is 2. The molecule has 5 heteroatoms. The van der Waals surface area contributed by atoms with Crippen molar-refractivity contribution in [2.45, 2.75) is 19.4 Å². The largest absolute Gasteiger partial charge is 0.354 e. The summed E-state index contributed by atoms with van der Waals surface area (Å²) in [7, 11) is 0. The lowest BCUT2D eigenvalue weighted by molar-refractivity contribution is 0.751. The van der Waals surface area contributed by atoms with E-state index in [1.807, 2.05) is 6.92 Å². The maximum absolute atomic E-state index is 5.85. The molecule has 0 spiro atoms. The maximum Gasteiger partial charge on any atom is 0.146 e. The Morgan fingerprint density at radius 3 is 3.07 bits per heavy atom. The van der Waals surface area contributed by atoms with Crippen molar-refractivity contribution in [3.63, 3.8) is 0 Å². The predicted molar refractivity (Wildman–Crippen MR) is 59.3 cm³/mol. The van der Waals surface area contributed by atoms with Gasteiger partial charge in [0.25, 0.3) is 0 Å². The molecule has 1 aliphatic heterocycles. The summed E-state index contributed by atoms with van der Waals surface area (Å²) in [4.78, 5) is 10.7. The second kappa shape index (κ2) is 3.82. The SMILES string of the molecule is Cc1ncc(Br)c(N2CCC(N)C2)n1. The molecule has 0 amide bonds. The minimum Gasteiger partial charge on any atom is -0.354 e. The van der Waals surface area contributed by atoms with Crippen LogP contribution in [0.3, 0.4) is 0 Å². The van der Waals surface area contributed by atoms with Crippen LogP contribution < -0.4 is 10.6 Å². The van der Waals surface area contributed by atoms with Gasteiger partial charge in [-0.2, -0.15) is 0 Å². The van der Waals surface area contributed by atoms with Crippen molar-refractivity contribution < 1.29 is 0 Å². The van der Waals surface area contributed by atoms with Crippen LogP contribution in [-0.2, 0) is 0 Å². The highest BCUT2D eigenvalue weighted by Gasteiger charge is 2.22. The zero-order valence-electron chi connectivity index (χ0n) is 8.07. The molecule has 14 heavy (non-hydrogen) atoms. The fourth-order valence-electron chi connectivity index (χ4n) is 1.64.